The molecule has 31 heavy (non-hydrogen) atoms. The Kier molecular flexibility index (Phi) is 8.42. The number of carboxylic acids is 1. The monoisotopic (exact) mass is 421 g/mol. The van der Waals surface area contributed by atoms with E-state index in [1.807, 2.05) is 65.6 Å². The average Bonchev–Trinajstić information content (AvgIpc) is 3.14. The summed E-state index contributed by atoms with van der Waals surface area (Å²) >= 11 is 0. The highest BCUT2D eigenvalue weighted by molar-refractivity contribution is 5.79. The van der Waals surface area contributed by atoms with Crippen molar-refractivity contribution in [3.8, 4) is 11.1 Å². The maximum atomic E-state index is 12.3. The molecule has 1 fully saturated rings. The number of hydrogen-bond donors (Lipinski definition) is 2. The molecule has 1 aliphatic rings. The van der Waals surface area contributed by atoms with Crippen molar-refractivity contribution in [1.82, 2.24) is 4.90 Å². The minimum atomic E-state index is -0.757. The number of nitrogens with zero attached hydrogens (tertiary/aromatic N) is 1. The van der Waals surface area contributed by atoms with Crippen molar-refractivity contribution >= 4 is 11.9 Å². The first-order chi connectivity index (χ1) is 15.0. The van der Waals surface area contributed by atoms with E-state index in [0.717, 1.165) is 42.4 Å². The van der Waals surface area contributed by atoms with Crippen LogP contribution in [0.4, 0.5) is 0 Å². The van der Waals surface area contributed by atoms with Crippen LogP contribution >= 0.6 is 0 Å². The third-order valence-electron chi connectivity index (χ3n) is 5.77. The minimum absolute atomic E-state index is 0.0125. The van der Waals surface area contributed by atoms with Crippen LogP contribution in [0.25, 0.3) is 11.1 Å². The summed E-state index contributed by atoms with van der Waals surface area (Å²) in [7, 11) is 0. The van der Waals surface area contributed by atoms with E-state index in [0.29, 0.717) is 19.4 Å². The van der Waals surface area contributed by atoms with Crippen LogP contribution < -0.4 is 0 Å². The zero-order valence-corrected chi connectivity index (χ0v) is 17.8. The Bertz CT molecular complexity index is 893. The smallest absolute Gasteiger partial charge is 0.303 e. The lowest BCUT2D eigenvalue weighted by molar-refractivity contribution is -0.137. The van der Waals surface area contributed by atoms with Crippen LogP contribution in [0.2, 0.25) is 0 Å². The van der Waals surface area contributed by atoms with Gasteiger partial charge in [0.2, 0.25) is 5.91 Å². The van der Waals surface area contributed by atoms with E-state index in [-0.39, 0.29) is 18.4 Å². The number of carbonyl (C=O) groups excluding carboxylic acids is 1. The Morgan fingerprint density at radius 2 is 1.77 bits per heavy atom. The summed E-state index contributed by atoms with van der Waals surface area (Å²) in [6.45, 7) is 0.681. The molecular formula is C26H31NO4. The molecule has 0 radical (unpaired) electrons. The van der Waals surface area contributed by atoms with Crippen LogP contribution in [0.15, 0.2) is 66.7 Å². The van der Waals surface area contributed by atoms with E-state index < -0.39 is 12.1 Å². The lowest BCUT2D eigenvalue weighted by Crippen LogP contribution is -2.32. The molecule has 3 rings (SSSR count). The predicted octanol–water partition coefficient (Wildman–Crippen LogP) is 4.97. The predicted molar refractivity (Wildman–Crippen MR) is 121 cm³/mol. The van der Waals surface area contributed by atoms with Gasteiger partial charge in [-0.05, 0) is 42.0 Å². The lowest BCUT2D eigenvalue weighted by atomic mass is 10.00. The SMILES string of the molecule is O=C(O)CCCCCCN1C(=O)CC[C@@H]1C=CC(O)c1cccc(-c2ccccc2)c1. The van der Waals surface area contributed by atoms with Crippen LogP contribution in [-0.4, -0.2) is 39.6 Å². The Morgan fingerprint density at radius 3 is 2.55 bits per heavy atom. The van der Waals surface area contributed by atoms with Crippen molar-refractivity contribution in [3.05, 3.63) is 72.3 Å². The summed E-state index contributed by atoms with van der Waals surface area (Å²) in [6, 6.07) is 18.0. The number of likely N-dealkylation sites (tertiary alicyclic amines) is 1. The van der Waals surface area contributed by atoms with Gasteiger partial charge in [-0.2, -0.15) is 0 Å². The van der Waals surface area contributed by atoms with Crippen molar-refractivity contribution in [1.29, 1.82) is 0 Å². The first kappa shape index (κ1) is 22.8. The van der Waals surface area contributed by atoms with Crippen LogP contribution in [0.1, 0.15) is 56.6 Å². The largest absolute Gasteiger partial charge is 0.481 e. The van der Waals surface area contributed by atoms with Gasteiger partial charge in [-0.25, -0.2) is 0 Å². The molecule has 1 saturated heterocycles. The Labute approximate surface area is 184 Å². The second-order valence-corrected chi connectivity index (χ2v) is 8.07. The maximum absolute atomic E-state index is 12.3. The molecule has 2 aromatic carbocycles. The summed E-state index contributed by atoms with van der Waals surface area (Å²) in [5, 5.41) is 19.4. The standard InChI is InChI=1S/C26H31NO4/c28-24(22-12-8-11-21(19-22)20-9-4-3-5-10-20)16-14-23-15-17-25(29)27(23)18-7-2-1-6-13-26(30)31/h3-5,8-12,14,16,19,23-24,28H,1-2,6-7,13,15,17-18H2,(H,30,31)/t23-,24?/m0/s1. The molecule has 2 atom stereocenters. The topological polar surface area (TPSA) is 77.8 Å². The van der Waals surface area contributed by atoms with Crippen molar-refractivity contribution in [2.24, 2.45) is 0 Å². The number of aliphatic hydroxyl groups is 1. The molecule has 164 valence electrons. The maximum Gasteiger partial charge on any atom is 0.303 e. The van der Waals surface area contributed by atoms with Crippen molar-refractivity contribution in [2.75, 3.05) is 6.54 Å². The number of rotatable bonds is 11. The van der Waals surface area contributed by atoms with E-state index in [4.69, 9.17) is 5.11 Å². The first-order valence-electron chi connectivity index (χ1n) is 11.1. The number of carboxylic acid groups (broad SMARTS) is 1. The number of benzene rings is 2. The number of unbranched alkanes of at least 4 members (excludes halogenated alkanes) is 3. The molecule has 5 heteroatoms. The van der Waals surface area contributed by atoms with Crippen molar-refractivity contribution in [3.63, 3.8) is 0 Å². The highest BCUT2D eigenvalue weighted by Gasteiger charge is 2.28. The van der Waals surface area contributed by atoms with Gasteiger partial charge in [-0.1, -0.05) is 73.5 Å². The van der Waals surface area contributed by atoms with Gasteiger partial charge in [0.15, 0.2) is 0 Å². The number of aliphatic hydroxyl groups excluding tert-OH is 1. The second kappa shape index (κ2) is 11.5. The molecule has 0 bridgehead atoms. The zero-order valence-electron chi connectivity index (χ0n) is 17.8. The molecular weight excluding hydrogens is 390 g/mol. The van der Waals surface area contributed by atoms with Gasteiger partial charge < -0.3 is 15.1 Å². The quantitative estimate of drug-likeness (QED) is 0.397. The van der Waals surface area contributed by atoms with Gasteiger partial charge in [0.25, 0.3) is 0 Å². The normalized spacial score (nSPS) is 17.4. The molecule has 0 spiro atoms. The Morgan fingerprint density at radius 1 is 1.03 bits per heavy atom. The van der Waals surface area contributed by atoms with Crippen molar-refractivity contribution < 1.29 is 19.8 Å². The van der Waals surface area contributed by atoms with E-state index in [1.165, 1.54) is 0 Å². The number of hydrogen-bond acceptors (Lipinski definition) is 3. The molecule has 1 amide bonds. The molecule has 1 aliphatic heterocycles. The summed E-state index contributed by atoms with van der Waals surface area (Å²) in [5.74, 6) is -0.603. The first-order valence-corrected chi connectivity index (χ1v) is 11.1. The third kappa shape index (κ3) is 6.79. The van der Waals surface area contributed by atoms with Crippen molar-refractivity contribution in [2.45, 2.75) is 57.1 Å². The van der Waals surface area contributed by atoms with Crippen LogP contribution in [0, 0.1) is 0 Å². The van der Waals surface area contributed by atoms with Gasteiger partial charge >= 0.3 is 5.97 Å². The molecule has 1 heterocycles. The minimum Gasteiger partial charge on any atom is -0.481 e. The third-order valence-corrected chi connectivity index (χ3v) is 5.77. The summed E-state index contributed by atoms with van der Waals surface area (Å²) < 4.78 is 0. The van der Waals surface area contributed by atoms with Gasteiger partial charge in [-0.15, -0.1) is 0 Å². The molecule has 0 aliphatic carbocycles. The molecule has 2 N–H and O–H groups in total. The van der Waals surface area contributed by atoms with E-state index in [1.54, 1.807) is 6.08 Å². The van der Waals surface area contributed by atoms with Gasteiger partial charge in [0.1, 0.15) is 0 Å². The molecule has 5 nitrogen and oxygen atoms in total. The lowest BCUT2D eigenvalue weighted by Gasteiger charge is -2.22. The summed E-state index contributed by atoms with van der Waals surface area (Å²) in [4.78, 5) is 24.7. The van der Waals surface area contributed by atoms with E-state index >= 15 is 0 Å². The second-order valence-electron chi connectivity index (χ2n) is 8.07. The fraction of sp³-hybridized carbons (Fsp3) is 0.385. The fourth-order valence-corrected chi connectivity index (χ4v) is 4.04. The summed E-state index contributed by atoms with van der Waals surface area (Å²) in [5.41, 5.74) is 2.99. The highest BCUT2D eigenvalue weighted by atomic mass is 16.4. The van der Waals surface area contributed by atoms with Crippen LogP contribution in [0.3, 0.4) is 0 Å². The van der Waals surface area contributed by atoms with Crippen LogP contribution in [-0.2, 0) is 9.59 Å². The van der Waals surface area contributed by atoms with E-state index in [2.05, 4.69) is 0 Å². The Balaban J connectivity index is 1.55. The average molecular weight is 422 g/mol. The zero-order chi connectivity index (χ0) is 22.1. The number of amides is 1. The fourth-order valence-electron chi connectivity index (χ4n) is 4.04. The van der Waals surface area contributed by atoms with E-state index in [9.17, 15) is 14.7 Å². The molecule has 2 aromatic rings. The summed E-state index contributed by atoms with van der Waals surface area (Å²) in [6.07, 6.45) is 7.86. The highest BCUT2D eigenvalue weighted by Crippen LogP contribution is 2.26. The van der Waals surface area contributed by atoms with Crippen LogP contribution in [0.5, 0.6) is 0 Å². The van der Waals surface area contributed by atoms with Gasteiger partial charge in [0, 0.05) is 19.4 Å². The van der Waals surface area contributed by atoms with Gasteiger partial charge in [-0.3, -0.25) is 9.59 Å². The molecule has 1 unspecified atom stereocenters. The Hall–Kier alpha value is -2.92. The molecule has 0 saturated carbocycles. The number of aliphatic carboxylic acids is 1. The molecule has 0 aromatic heterocycles. The number of carbonyl (C=O) groups is 2. The van der Waals surface area contributed by atoms with Gasteiger partial charge in [0.05, 0.1) is 12.1 Å².